The van der Waals surface area contributed by atoms with E-state index in [-0.39, 0.29) is 6.61 Å². The van der Waals surface area contributed by atoms with Crippen molar-refractivity contribution in [2.24, 2.45) is 0 Å². The summed E-state index contributed by atoms with van der Waals surface area (Å²) in [6, 6.07) is 19.6. The first-order chi connectivity index (χ1) is 12.7. The zero-order valence-electron chi connectivity index (χ0n) is 15.7. The van der Waals surface area contributed by atoms with Crippen LogP contribution in [0.2, 0.25) is 0 Å². The fourth-order valence-electron chi connectivity index (χ4n) is 3.65. The standard InChI is InChI=1S/C22H30N2O2/c1-23(16-19-6-3-2-4-7-19)21-8-5-13-24(18-21)17-20-9-11-22(12-10-20)26-15-14-25/h2-4,6-7,9-12,21,25H,5,8,13-18H2,1H3. The third-order valence-electron chi connectivity index (χ3n) is 5.07. The van der Waals surface area contributed by atoms with Gasteiger partial charge in [-0.1, -0.05) is 42.5 Å². The van der Waals surface area contributed by atoms with Gasteiger partial charge in [-0.3, -0.25) is 9.80 Å². The van der Waals surface area contributed by atoms with Crippen molar-refractivity contribution < 1.29 is 9.84 Å². The van der Waals surface area contributed by atoms with Crippen molar-refractivity contribution in [3.63, 3.8) is 0 Å². The lowest BCUT2D eigenvalue weighted by Gasteiger charge is -2.37. The molecule has 3 rings (SSSR count). The van der Waals surface area contributed by atoms with Crippen molar-refractivity contribution >= 4 is 0 Å². The number of ether oxygens (including phenoxy) is 1. The van der Waals surface area contributed by atoms with Gasteiger partial charge in [0, 0.05) is 25.7 Å². The van der Waals surface area contributed by atoms with Crippen molar-refractivity contribution in [3.05, 3.63) is 65.7 Å². The molecule has 1 aliphatic heterocycles. The highest BCUT2D eigenvalue weighted by Crippen LogP contribution is 2.20. The maximum absolute atomic E-state index is 8.83. The topological polar surface area (TPSA) is 35.9 Å². The lowest BCUT2D eigenvalue weighted by molar-refractivity contribution is 0.107. The Labute approximate surface area is 157 Å². The molecule has 1 heterocycles. The number of benzene rings is 2. The van der Waals surface area contributed by atoms with Crippen molar-refractivity contribution in [2.75, 3.05) is 33.4 Å². The lowest BCUT2D eigenvalue weighted by Crippen LogP contribution is -2.45. The fourth-order valence-corrected chi connectivity index (χ4v) is 3.65. The van der Waals surface area contributed by atoms with E-state index in [4.69, 9.17) is 9.84 Å². The summed E-state index contributed by atoms with van der Waals surface area (Å²) in [4.78, 5) is 5.05. The monoisotopic (exact) mass is 354 g/mol. The van der Waals surface area contributed by atoms with E-state index in [1.807, 2.05) is 12.1 Å². The minimum atomic E-state index is 0.0490. The van der Waals surface area contributed by atoms with Crippen LogP contribution >= 0.6 is 0 Å². The van der Waals surface area contributed by atoms with Gasteiger partial charge in [-0.2, -0.15) is 0 Å². The molecule has 4 nitrogen and oxygen atoms in total. The molecule has 0 aliphatic carbocycles. The average Bonchev–Trinajstić information content (AvgIpc) is 2.68. The highest BCUT2D eigenvalue weighted by molar-refractivity contribution is 5.27. The van der Waals surface area contributed by atoms with Gasteiger partial charge >= 0.3 is 0 Å². The molecule has 0 amide bonds. The van der Waals surface area contributed by atoms with E-state index in [1.54, 1.807) is 0 Å². The highest BCUT2D eigenvalue weighted by Gasteiger charge is 2.23. The molecule has 0 saturated carbocycles. The molecule has 1 unspecified atom stereocenters. The van der Waals surface area contributed by atoms with Crippen LogP contribution in [0, 0.1) is 0 Å². The Balaban J connectivity index is 1.51. The Morgan fingerprint density at radius 1 is 1.08 bits per heavy atom. The first-order valence-electron chi connectivity index (χ1n) is 9.54. The van der Waals surface area contributed by atoms with Crippen LogP contribution in [0.3, 0.4) is 0 Å². The number of likely N-dealkylation sites (tertiary alicyclic amines) is 1. The number of hydrogen-bond donors (Lipinski definition) is 1. The van der Waals surface area contributed by atoms with Gasteiger partial charge in [0.15, 0.2) is 0 Å². The van der Waals surface area contributed by atoms with E-state index in [0.29, 0.717) is 12.6 Å². The number of nitrogens with zero attached hydrogens (tertiary/aromatic N) is 2. The maximum atomic E-state index is 8.83. The Bertz CT molecular complexity index is 645. The van der Waals surface area contributed by atoms with Crippen LogP contribution in [-0.4, -0.2) is 54.3 Å². The lowest BCUT2D eigenvalue weighted by atomic mass is 10.0. The second-order valence-electron chi connectivity index (χ2n) is 7.15. The normalized spacial score (nSPS) is 18.2. The molecule has 26 heavy (non-hydrogen) atoms. The van der Waals surface area contributed by atoms with E-state index in [2.05, 4.69) is 59.3 Å². The predicted molar refractivity (Wildman–Crippen MR) is 105 cm³/mol. The highest BCUT2D eigenvalue weighted by atomic mass is 16.5. The molecular formula is C22H30N2O2. The third-order valence-corrected chi connectivity index (χ3v) is 5.07. The largest absolute Gasteiger partial charge is 0.491 e. The van der Waals surface area contributed by atoms with E-state index in [0.717, 1.165) is 25.4 Å². The number of hydrogen-bond acceptors (Lipinski definition) is 4. The summed E-state index contributed by atoms with van der Waals surface area (Å²) in [5.41, 5.74) is 2.69. The summed E-state index contributed by atoms with van der Waals surface area (Å²) in [7, 11) is 2.24. The summed E-state index contributed by atoms with van der Waals surface area (Å²) in [6.07, 6.45) is 2.52. The Morgan fingerprint density at radius 3 is 2.58 bits per heavy atom. The zero-order chi connectivity index (χ0) is 18.2. The minimum absolute atomic E-state index is 0.0490. The predicted octanol–water partition coefficient (Wildman–Crippen LogP) is 3.15. The molecule has 0 spiro atoms. The molecular weight excluding hydrogens is 324 g/mol. The average molecular weight is 354 g/mol. The van der Waals surface area contributed by atoms with Crippen LogP contribution in [0.15, 0.2) is 54.6 Å². The summed E-state index contributed by atoms with van der Waals surface area (Å²) in [5.74, 6) is 0.821. The maximum Gasteiger partial charge on any atom is 0.119 e. The summed E-state index contributed by atoms with van der Waals surface area (Å²) in [6.45, 7) is 4.67. The van der Waals surface area contributed by atoms with Gasteiger partial charge < -0.3 is 9.84 Å². The molecule has 1 fully saturated rings. The second-order valence-corrected chi connectivity index (χ2v) is 7.15. The van der Waals surface area contributed by atoms with Gasteiger partial charge in [-0.15, -0.1) is 0 Å². The number of likely N-dealkylation sites (N-methyl/N-ethyl adjacent to an activating group) is 1. The molecule has 140 valence electrons. The molecule has 1 saturated heterocycles. The molecule has 1 atom stereocenters. The summed E-state index contributed by atoms with van der Waals surface area (Å²) < 4.78 is 5.43. The molecule has 4 heteroatoms. The SMILES string of the molecule is CN(Cc1ccccc1)C1CCCN(Cc2ccc(OCCO)cc2)C1. The van der Waals surface area contributed by atoms with Crippen LogP contribution < -0.4 is 4.74 Å². The van der Waals surface area contributed by atoms with E-state index in [9.17, 15) is 0 Å². The minimum Gasteiger partial charge on any atom is -0.491 e. The summed E-state index contributed by atoms with van der Waals surface area (Å²) >= 11 is 0. The van der Waals surface area contributed by atoms with Gasteiger partial charge in [-0.25, -0.2) is 0 Å². The smallest absolute Gasteiger partial charge is 0.119 e. The van der Waals surface area contributed by atoms with Gasteiger partial charge in [0.1, 0.15) is 12.4 Å². The Hall–Kier alpha value is -1.88. The van der Waals surface area contributed by atoms with Crippen LogP contribution in [0.4, 0.5) is 0 Å². The molecule has 1 aliphatic rings. The molecule has 0 aromatic heterocycles. The first-order valence-corrected chi connectivity index (χ1v) is 9.54. The number of aliphatic hydroxyl groups excluding tert-OH is 1. The Kier molecular flexibility index (Phi) is 7.06. The molecule has 0 radical (unpaired) electrons. The summed E-state index contributed by atoms with van der Waals surface area (Å²) in [5, 5.41) is 8.83. The van der Waals surface area contributed by atoms with Crippen molar-refractivity contribution in [3.8, 4) is 5.75 Å². The van der Waals surface area contributed by atoms with Crippen LogP contribution in [0.5, 0.6) is 5.75 Å². The quantitative estimate of drug-likeness (QED) is 0.790. The molecule has 2 aromatic carbocycles. The van der Waals surface area contributed by atoms with Gasteiger partial charge in [0.05, 0.1) is 6.61 Å². The number of piperidine rings is 1. The third kappa shape index (κ3) is 5.56. The van der Waals surface area contributed by atoms with Crippen LogP contribution in [-0.2, 0) is 13.1 Å². The van der Waals surface area contributed by atoms with E-state index in [1.165, 1.54) is 30.5 Å². The van der Waals surface area contributed by atoms with Crippen molar-refractivity contribution in [1.82, 2.24) is 9.80 Å². The van der Waals surface area contributed by atoms with Crippen LogP contribution in [0.1, 0.15) is 24.0 Å². The van der Waals surface area contributed by atoms with Crippen molar-refractivity contribution in [1.29, 1.82) is 0 Å². The first kappa shape index (κ1) is 18.9. The Morgan fingerprint density at radius 2 is 1.85 bits per heavy atom. The number of aliphatic hydroxyl groups is 1. The van der Waals surface area contributed by atoms with Crippen LogP contribution in [0.25, 0.3) is 0 Å². The zero-order valence-corrected chi connectivity index (χ0v) is 15.7. The van der Waals surface area contributed by atoms with Gasteiger partial charge in [-0.05, 0) is 49.7 Å². The molecule has 1 N–H and O–H groups in total. The second kappa shape index (κ2) is 9.72. The van der Waals surface area contributed by atoms with Crippen molar-refractivity contribution in [2.45, 2.75) is 32.0 Å². The van der Waals surface area contributed by atoms with Gasteiger partial charge in [0.2, 0.25) is 0 Å². The number of rotatable bonds is 8. The van der Waals surface area contributed by atoms with E-state index >= 15 is 0 Å². The van der Waals surface area contributed by atoms with E-state index < -0.39 is 0 Å². The van der Waals surface area contributed by atoms with Gasteiger partial charge in [0.25, 0.3) is 0 Å². The molecule has 0 bridgehead atoms. The fraction of sp³-hybridized carbons (Fsp3) is 0.455. The molecule has 2 aromatic rings.